The maximum Gasteiger partial charge on any atom is 0.406 e. The van der Waals surface area contributed by atoms with Crippen molar-refractivity contribution in [2.24, 2.45) is 0 Å². The number of hydrogen-bond acceptors (Lipinski definition) is 5. The summed E-state index contributed by atoms with van der Waals surface area (Å²) in [5.74, 6) is 0.563. The molecule has 2 aliphatic heterocycles. The number of halogens is 4. The molecule has 11 heteroatoms. The fourth-order valence-electron chi connectivity index (χ4n) is 5.42. The van der Waals surface area contributed by atoms with Crippen LogP contribution in [0.3, 0.4) is 0 Å². The second kappa shape index (κ2) is 9.13. The summed E-state index contributed by atoms with van der Waals surface area (Å²) in [7, 11) is 0. The number of hydrogen-bond donors (Lipinski definition) is 0. The van der Waals surface area contributed by atoms with Crippen molar-refractivity contribution in [1.82, 2.24) is 19.3 Å². The van der Waals surface area contributed by atoms with Gasteiger partial charge in [-0.3, -0.25) is 9.36 Å². The summed E-state index contributed by atoms with van der Waals surface area (Å²) in [5.41, 5.74) is 1.10. The first-order valence-electron chi connectivity index (χ1n) is 12.4. The lowest BCUT2D eigenvalue weighted by Crippen LogP contribution is -2.29. The Bertz CT molecular complexity index is 1520. The molecule has 7 nitrogen and oxygen atoms in total. The zero-order valence-corrected chi connectivity index (χ0v) is 19.9. The molecule has 0 radical (unpaired) electrons. The summed E-state index contributed by atoms with van der Waals surface area (Å²) in [5, 5.41) is 4.96. The topological polar surface area (TPSA) is 65.2 Å². The Morgan fingerprint density at radius 2 is 1.97 bits per heavy atom. The highest BCUT2D eigenvalue weighted by Gasteiger charge is 2.31. The quantitative estimate of drug-likeness (QED) is 0.349. The number of alkyl halides is 4. The molecule has 0 N–H and O–H groups in total. The molecule has 0 saturated carbocycles. The lowest BCUT2D eigenvalue weighted by Gasteiger charge is -2.24. The molecule has 194 valence electrons. The number of anilines is 1. The van der Waals surface area contributed by atoms with E-state index in [0.717, 1.165) is 17.4 Å². The lowest BCUT2D eigenvalue weighted by molar-refractivity contribution is -0.140. The molecule has 0 amide bonds. The standard InChI is InChI=1S/C26H25F4N5O2/c27-17-8-10-33(14-17)24-18(4-3-9-31-24)16-6-7-19-21(12-16)34(15-26(28,29)30)25(36)20-13-32-35(23(19)20)22-5-1-2-11-37-22/h3-4,6-7,9,12-13,17,22H,1-2,5,8,10-11,14-15H2. The number of nitrogens with zero attached hydrogens (tertiary/aromatic N) is 5. The fourth-order valence-corrected chi connectivity index (χ4v) is 5.42. The minimum atomic E-state index is -4.60. The van der Waals surface area contributed by atoms with Crippen molar-refractivity contribution < 1.29 is 22.3 Å². The molecular weight excluding hydrogens is 490 g/mol. The summed E-state index contributed by atoms with van der Waals surface area (Å²) in [6.07, 6.45) is -0.0670. The van der Waals surface area contributed by atoms with Crippen LogP contribution in [0, 0.1) is 0 Å². The van der Waals surface area contributed by atoms with E-state index in [1.54, 1.807) is 41.2 Å². The molecule has 3 aromatic heterocycles. The van der Waals surface area contributed by atoms with Crippen molar-refractivity contribution in [2.75, 3.05) is 24.6 Å². The predicted molar refractivity (Wildman–Crippen MR) is 131 cm³/mol. The van der Waals surface area contributed by atoms with Crippen LogP contribution in [0.1, 0.15) is 31.9 Å². The minimum absolute atomic E-state index is 0.117. The van der Waals surface area contributed by atoms with Gasteiger partial charge in [-0.05, 0) is 49.4 Å². The largest absolute Gasteiger partial charge is 0.406 e. The first-order valence-corrected chi connectivity index (χ1v) is 12.4. The Labute approximate surface area is 209 Å². The van der Waals surface area contributed by atoms with Crippen LogP contribution >= 0.6 is 0 Å². The lowest BCUT2D eigenvalue weighted by atomic mass is 10.0. The molecule has 2 atom stereocenters. The van der Waals surface area contributed by atoms with E-state index >= 15 is 0 Å². The van der Waals surface area contributed by atoms with Crippen LogP contribution in [0.2, 0.25) is 0 Å². The number of ether oxygens (including phenoxy) is 1. The fraction of sp³-hybridized carbons (Fsp3) is 0.423. The van der Waals surface area contributed by atoms with Gasteiger partial charge < -0.3 is 9.64 Å². The third-order valence-electron chi connectivity index (χ3n) is 7.11. The van der Waals surface area contributed by atoms with E-state index in [9.17, 15) is 22.4 Å². The molecule has 4 aromatic rings. The Morgan fingerprint density at radius 1 is 1.11 bits per heavy atom. The van der Waals surface area contributed by atoms with Crippen LogP contribution < -0.4 is 10.5 Å². The zero-order chi connectivity index (χ0) is 25.7. The van der Waals surface area contributed by atoms with Crippen LogP contribution in [0.4, 0.5) is 23.4 Å². The highest BCUT2D eigenvalue weighted by atomic mass is 19.4. The second-order valence-electron chi connectivity index (χ2n) is 9.62. The van der Waals surface area contributed by atoms with E-state index in [1.807, 2.05) is 4.90 Å². The Morgan fingerprint density at radius 3 is 2.70 bits per heavy atom. The van der Waals surface area contributed by atoms with E-state index in [4.69, 9.17) is 4.74 Å². The maximum atomic E-state index is 13.9. The molecule has 37 heavy (non-hydrogen) atoms. The van der Waals surface area contributed by atoms with Gasteiger partial charge in [0, 0.05) is 30.3 Å². The van der Waals surface area contributed by atoms with Gasteiger partial charge in [0.25, 0.3) is 5.56 Å². The van der Waals surface area contributed by atoms with Gasteiger partial charge >= 0.3 is 6.18 Å². The van der Waals surface area contributed by atoms with Crippen LogP contribution in [0.15, 0.2) is 47.5 Å². The number of pyridine rings is 2. The van der Waals surface area contributed by atoms with Gasteiger partial charge in [-0.25, -0.2) is 14.1 Å². The Kier molecular flexibility index (Phi) is 5.89. The van der Waals surface area contributed by atoms with E-state index in [0.29, 0.717) is 53.8 Å². The first-order chi connectivity index (χ1) is 17.8. The van der Waals surface area contributed by atoms with E-state index in [2.05, 4.69) is 10.1 Å². The first kappa shape index (κ1) is 23.9. The number of rotatable bonds is 4. The van der Waals surface area contributed by atoms with Crippen molar-refractivity contribution in [1.29, 1.82) is 0 Å². The minimum Gasteiger partial charge on any atom is -0.356 e. The molecule has 2 fully saturated rings. The SMILES string of the molecule is O=c1c2cnn(C3CCCCO3)c2c2ccc(-c3cccnc3N3CCC(F)C3)cc2n1CC(F)(F)F. The van der Waals surface area contributed by atoms with Crippen molar-refractivity contribution in [3.8, 4) is 11.1 Å². The Balaban J connectivity index is 1.58. The Hall–Kier alpha value is -3.47. The van der Waals surface area contributed by atoms with Gasteiger partial charge in [0.1, 0.15) is 18.5 Å². The average molecular weight is 516 g/mol. The summed E-state index contributed by atoms with van der Waals surface area (Å²) >= 11 is 0. The summed E-state index contributed by atoms with van der Waals surface area (Å²) < 4.78 is 63.1. The summed E-state index contributed by atoms with van der Waals surface area (Å²) in [6, 6.07) is 8.64. The number of fused-ring (bicyclic) bond motifs is 3. The van der Waals surface area contributed by atoms with Crippen LogP contribution in [-0.2, 0) is 11.3 Å². The van der Waals surface area contributed by atoms with Crippen molar-refractivity contribution in [3.05, 3.63) is 53.1 Å². The van der Waals surface area contributed by atoms with E-state index in [1.165, 1.54) is 6.20 Å². The predicted octanol–water partition coefficient (Wildman–Crippen LogP) is 5.22. The molecular formula is C26H25F4N5O2. The second-order valence-corrected chi connectivity index (χ2v) is 9.62. The van der Waals surface area contributed by atoms with Gasteiger partial charge in [0.2, 0.25) is 0 Å². The van der Waals surface area contributed by atoms with Crippen LogP contribution in [0.5, 0.6) is 0 Å². The molecule has 0 spiro atoms. The maximum absolute atomic E-state index is 13.9. The zero-order valence-electron chi connectivity index (χ0n) is 19.9. The molecule has 2 aliphatic rings. The smallest absolute Gasteiger partial charge is 0.356 e. The van der Waals surface area contributed by atoms with Crippen molar-refractivity contribution >= 4 is 27.6 Å². The summed E-state index contributed by atoms with van der Waals surface area (Å²) in [6.45, 7) is -0.169. The van der Waals surface area contributed by atoms with Gasteiger partial charge in [-0.2, -0.15) is 18.3 Å². The van der Waals surface area contributed by atoms with Crippen molar-refractivity contribution in [2.45, 2.75) is 50.8 Å². The third kappa shape index (κ3) is 4.35. The van der Waals surface area contributed by atoms with Gasteiger partial charge in [-0.15, -0.1) is 0 Å². The van der Waals surface area contributed by atoms with Crippen LogP contribution in [0.25, 0.3) is 32.9 Å². The third-order valence-corrected chi connectivity index (χ3v) is 7.11. The summed E-state index contributed by atoms with van der Waals surface area (Å²) in [4.78, 5) is 19.7. The monoisotopic (exact) mass is 515 g/mol. The molecule has 0 aliphatic carbocycles. The van der Waals surface area contributed by atoms with E-state index in [-0.39, 0.29) is 23.7 Å². The molecule has 0 bridgehead atoms. The van der Waals surface area contributed by atoms with E-state index < -0.39 is 24.5 Å². The molecule has 1 aromatic carbocycles. The number of benzene rings is 1. The molecule has 5 heterocycles. The normalized spacial score (nSPS) is 20.8. The highest BCUT2D eigenvalue weighted by Crippen LogP contribution is 2.36. The van der Waals surface area contributed by atoms with Gasteiger partial charge in [0.15, 0.2) is 6.23 Å². The molecule has 6 rings (SSSR count). The average Bonchev–Trinajstić information content (AvgIpc) is 3.53. The molecule has 2 unspecified atom stereocenters. The number of aromatic nitrogens is 4. The molecule has 2 saturated heterocycles. The highest BCUT2D eigenvalue weighted by molar-refractivity contribution is 6.05. The van der Waals surface area contributed by atoms with Gasteiger partial charge in [-0.1, -0.05) is 12.1 Å². The van der Waals surface area contributed by atoms with Crippen LogP contribution in [-0.4, -0.2) is 51.4 Å². The van der Waals surface area contributed by atoms with Crippen molar-refractivity contribution in [3.63, 3.8) is 0 Å². The van der Waals surface area contributed by atoms with Gasteiger partial charge in [0.05, 0.1) is 29.2 Å².